The normalized spacial score (nSPS) is 26.6. The van der Waals surface area contributed by atoms with Crippen LogP contribution in [0, 0.1) is 10.8 Å². The predicted octanol–water partition coefficient (Wildman–Crippen LogP) is 3.69. The summed E-state index contributed by atoms with van der Waals surface area (Å²) >= 11 is 0. The number of hydrogen-bond donors (Lipinski definition) is 0. The first kappa shape index (κ1) is 11.4. The first-order valence-electron chi connectivity index (χ1n) is 6.78. The third-order valence-electron chi connectivity index (χ3n) is 4.64. The third-order valence-corrected chi connectivity index (χ3v) is 4.64. The Morgan fingerprint density at radius 3 is 2.20 bits per heavy atom. The Morgan fingerprint density at radius 2 is 1.67 bits per heavy atom. The maximum absolute atomic E-state index is 2.69. The summed E-state index contributed by atoms with van der Waals surface area (Å²) < 4.78 is 0. The van der Waals surface area contributed by atoms with Gasteiger partial charge in [-0.2, -0.15) is 0 Å². The van der Waals surface area contributed by atoms with E-state index >= 15 is 0 Å². The molecule has 88 valence electrons. The number of hydrogen-bond acceptors (Lipinski definition) is 1. The van der Waals surface area contributed by atoms with E-state index in [9.17, 15) is 0 Å². The molecule has 0 bridgehead atoms. The highest BCUT2D eigenvalue weighted by Crippen LogP contribution is 2.44. The maximum Gasteiger partial charge on any atom is 0.00507 e. The summed E-state index contributed by atoms with van der Waals surface area (Å²) in [6, 6.07) is 0. The molecule has 2 fully saturated rings. The van der Waals surface area contributed by atoms with Gasteiger partial charge in [0.15, 0.2) is 0 Å². The van der Waals surface area contributed by atoms with E-state index in [2.05, 4.69) is 25.7 Å². The molecule has 0 aromatic carbocycles. The summed E-state index contributed by atoms with van der Waals surface area (Å²) in [4.78, 5) is 2.69. The van der Waals surface area contributed by atoms with Crippen LogP contribution >= 0.6 is 0 Å². The molecule has 0 unspecified atom stereocenters. The van der Waals surface area contributed by atoms with Crippen LogP contribution < -0.4 is 0 Å². The van der Waals surface area contributed by atoms with Crippen molar-refractivity contribution in [2.75, 3.05) is 19.6 Å². The number of rotatable bonds is 3. The van der Waals surface area contributed by atoms with Crippen LogP contribution in [0.25, 0.3) is 0 Å². The molecule has 1 heterocycles. The Bertz CT molecular complexity index is 205. The van der Waals surface area contributed by atoms with Crippen LogP contribution in [-0.4, -0.2) is 24.5 Å². The summed E-state index contributed by atoms with van der Waals surface area (Å²) in [6.07, 6.45) is 8.79. The molecule has 0 amide bonds. The summed E-state index contributed by atoms with van der Waals surface area (Å²) in [6.45, 7) is 11.2. The summed E-state index contributed by atoms with van der Waals surface area (Å²) in [5, 5.41) is 0. The highest BCUT2D eigenvalue weighted by Gasteiger charge is 2.43. The molecule has 0 radical (unpaired) electrons. The monoisotopic (exact) mass is 209 g/mol. The van der Waals surface area contributed by atoms with Gasteiger partial charge < -0.3 is 4.90 Å². The smallest absolute Gasteiger partial charge is 0.00507 e. The maximum atomic E-state index is 2.69. The quantitative estimate of drug-likeness (QED) is 0.685. The van der Waals surface area contributed by atoms with Crippen molar-refractivity contribution in [3.05, 3.63) is 0 Å². The van der Waals surface area contributed by atoms with Crippen LogP contribution in [0.1, 0.15) is 59.3 Å². The zero-order chi connectivity index (χ0) is 10.9. The average molecular weight is 209 g/mol. The summed E-state index contributed by atoms with van der Waals surface area (Å²) in [5.41, 5.74) is 1.29. The van der Waals surface area contributed by atoms with E-state index in [4.69, 9.17) is 0 Å². The van der Waals surface area contributed by atoms with E-state index in [1.165, 1.54) is 58.2 Å². The Kier molecular flexibility index (Phi) is 3.12. The minimum Gasteiger partial charge on any atom is -0.302 e. The van der Waals surface area contributed by atoms with E-state index in [1.54, 1.807) is 0 Å². The molecule has 1 nitrogen and oxygen atoms in total. The first-order chi connectivity index (χ1) is 7.05. The van der Waals surface area contributed by atoms with Gasteiger partial charge in [0.1, 0.15) is 0 Å². The van der Waals surface area contributed by atoms with E-state index in [0.29, 0.717) is 5.41 Å². The lowest BCUT2D eigenvalue weighted by molar-refractivity contribution is -0.0467. The second-order valence-corrected chi connectivity index (χ2v) is 6.72. The SMILES string of the molecule is CCC(C)(C)CN1CC2(CCCCC2)C1. The van der Waals surface area contributed by atoms with E-state index in [-0.39, 0.29) is 0 Å². The fourth-order valence-electron chi connectivity index (χ4n) is 3.35. The minimum absolute atomic E-state index is 0.524. The van der Waals surface area contributed by atoms with Crippen molar-refractivity contribution < 1.29 is 0 Å². The van der Waals surface area contributed by atoms with E-state index in [0.717, 1.165) is 5.41 Å². The summed E-state index contributed by atoms with van der Waals surface area (Å²) in [7, 11) is 0. The second kappa shape index (κ2) is 4.08. The number of nitrogens with zero attached hydrogens (tertiary/aromatic N) is 1. The van der Waals surface area contributed by atoms with Crippen molar-refractivity contribution in [2.45, 2.75) is 59.3 Å². The first-order valence-corrected chi connectivity index (χ1v) is 6.78. The van der Waals surface area contributed by atoms with Gasteiger partial charge in [-0.05, 0) is 30.1 Å². The highest BCUT2D eigenvalue weighted by molar-refractivity contribution is 4.97. The molecule has 0 N–H and O–H groups in total. The highest BCUT2D eigenvalue weighted by atomic mass is 15.2. The molecule has 0 aromatic rings. The van der Waals surface area contributed by atoms with Crippen LogP contribution in [0.3, 0.4) is 0 Å². The predicted molar refractivity (Wildman–Crippen MR) is 66.0 cm³/mol. The van der Waals surface area contributed by atoms with Crippen LogP contribution in [0.4, 0.5) is 0 Å². The minimum atomic E-state index is 0.524. The lowest BCUT2D eigenvalue weighted by atomic mass is 9.68. The Morgan fingerprint density at radius 1 is 1.07 bits per heavy atom. The van der Waals surface area contributed by atoms with Crippen LogP contribution in [0.5, 0.6) is 0 Å². The third kappa shape index (κ3) is 2.55. The topological polar surface area (TPSA) is 3.24 Å². The molecule has 1 aliphatic heterocycles. The van der Waals surface area contributed by atoms with E-state index in [1.807, 2.05) is 0 Å². The van der Waals surface area contributed by atoms with Gasteiger partial charge in [-0.15, -0.1) is 0 Å². The van der Waals surface area contributed by atoms with Gasteiger partial charge in [-0.25, -0.2) is 0 Å². The van der Waals surface area contributed by atoms with Crippen molar-refractivity contribution in [1.82, 2.24) is 4.90 Å². The molecule has 0 atom stereocenters. The zero-order valence-corrected chi connectivity index (χ0v) is 10.8. The van der Waals surface area contributed by atoms with Gasteiger partial charge in [0.2, 0.25) is 0 Å². The molecule has 1 heteroatoms. The Hall–Kier alpha value is -0.0400. The van der Waals surface area contributed by atoms with Crippen molar-refractivity contribution in [3.63, 3.8) is 0 Å². The van der Waals surface area contributed by atoms with Crippen LogP contribution in [0.2, 0.25) is 0 Å². The molecule has 1 saturated carbocycles. The van der Waals surface area contributed by atoms with Crippen LogP contribution in [-0.2, 0) is 0 Å². The molecule has 1 saturated heterocycles. The van der Waals surface area contributed by atoms with E-state index < -0.39 is 0 Å². The summed E-state index contributed by atoms with van der Waals surface area (Å²) in [5.74, 6) is 0. The molecular weight excluding hydrogens is 182 g/mol. The fraction of sp³-hybridized carbons (Fsp3) is 1.00. The van der Waals surface area contributed by atoms with Gasteiger partial charge in [0.25, 0.3) is 0 Å². The standard InChI is InChI=1S/C14H27N/c1-4-13(2,3)10-15-11-14(12-15)8-6-5-7-9-14/h4-12H2,1-3H3. The van der Waals surface area contributed by atoms with Gasteiger partial charge in [0, 0.05) is 19.6 Å². The lowest BCUT2D eigenvalue weighted by Gasteiger charge is -2.54. The number of likely N-dealkylation sites (tertiary alicyclic amines) is 1. The van der Waals surface area contributed by atoms with Gasteiger partial charge >= 0.3 is 0 Å². The lowest BCUT2D eigenvalue weighted by Crippen LogP contribution is -2.58. The molecule has 15 heavy (non-hydrogen) atoms. The largest absolute Gasteiger partial charge is 0.302 e. The van der Waals surface area contributed by atoms with Gasteiger partial charge in [0.05, 0.1) is 0 Å². The molecular formula is C14H27N. The second-order valence-electron chi connectivity index (χ2n) is 6.72. The van der Waals surface area contributed by atoms with Gasteiger partial charge in [-0.3, -0.25) is 0 Å². The molecule has 0 aromatic heterocycles. The molecule has 2 rings (SSSR count). The van der Waals surface area contributed by atoms with Crippen LogP contribution in [0.15, 0.2) is 0 Å². The van der Waals surface area contributed by atoms with Crippen molar-refractivity contribution in [3.8, 4) is 0 Å². The van der Waals surface area contributed by atoms with Crippen molar-refractivity contribution >= 4 is 0 Å². The Balaban J connectivity index is 1.77. The zero-order valence-electron chi connectivity index (χ0n) is 10.8. The fourth-order valence-corrected chi connectivity index (χ4v) is 3.35. The molecule has 2 aliphatic rings. The van der Waals surface area contributed by atoms with Crippen molar-refractivity contribution in [2.24, 2.45) is 10.8 Å². The molecule has 1 aliphatic carbocycles. The average Bonchev–Trinajstić information content (AvgIpc) is 2.17. The van der Waals surface area contributed by atoms with Crippen molar-refractivity contribution in [1.29, 1.82) is 0 Å². The Labute approximate surface area is 95.2 Å². The van der Waals surface area contributed by atoms with Gasteiger partial charge in [-0.1, -0.05) is 40.0 Å². The molecule has 1 spiro atoms.